The molecule has 1 rings (SSSR count). The van der Waals surface area contributed by atoms with Crippen LogP contribution in [0, 0.1) is 0 Å². The second-order valence-corrected chi connectivity index (χ2v) is 3.34. The Kier molecular flexibility index (Phi) is 2.98. The van der Waals surface area contributed by atoms with Gasteiger partial charge in [0.05, 0.1) is 0 Å². The monoisotopic (exact) mass is 138 g/mol. The maximum Gasteiger partial charge on any atom is -0.0280 e. The molecule has 0 heteroatoms. The fraction of sp³-hybridized carbons (Fsp3) is 0.800. The summed E-state index contributed by atoms with van der Waals surface area (Å²) in [6, 6.07) is 0. The van der Waals surface area contributed by atoms with Crippen molar-refractivity contribution >= 4 is 0 Å². The fourth-order valence-corrected chi connectivity index (χ4v) is 1.31. The Labute approximate surface area is 64.3 Å². The summed E-state index contributed by atoms with van der Waals surface area (Å²) in [5, 5.41) is 0. The number of hydrogen-bond acceptors (Lipinski definition) is 0. The molecular weight excluding hydrogens is 120 g/mol. The topological polar surface area (TPSA) is 0 Å². The predicted octanol–water partition coefficient (Wildman–Crippen LogP) is 3.68. The summed E-state index contributed by atoms with van der Waals surface area (Å²) < 4.78 is 0. The number of hydrogen-bond donors (Lipinski definition) is 0. The third-order valence-corrected chi connectivity index (χ3v) is 2.26. The number of allylic oxidation sites excluding steroid dienone is 2. The zero-order valence-corrected chi connectivity index (χ0v) is 7.24. The highest BCUT2D eigenvalue weighted by Gasteiger charge is 2.13. The molecule has 0 spiro atoms. The Morgan fingerprint density at radius 2 is 2.00 bits per heavy atom. The zero-order chi connectivity index (χ0) is 7.40. The van der Waals surface area contributed by atoms with Crippen molar-refractivity contribution in [1.82, 2.24) is 0 Å². The molecule has 0 unspecified atom stereocenters. The average molecular weight is 138 g/mol. The maximum atomic E-state index is 2.30. The van der Waals surface area contributed by atoms with E-state index in [-0.39, 0.29) is 0 Å². The van der Waals surface area contributed by atoms with Crippen LogP contribution in [0.2, 0.25) is 0 Å². The van der Waals surface area contributed by atoms with E-state index in [0.29, 0.717) is 0 Å². The Hall–Kier alpha value is -0.260. The molecule has 0 saturated heterocycles. The van der Waals surface area contributed by atoms with Crippen molar-refractivity contribution in [2.75, 3.05) is 0 Å². The van der Waals surface area contributed by atoms with Gasteiger partial charge in [0.1, 0.15) is 0 Å². The third-order valence-electron chi connectivity index (χ3n) is 2.26. The lowest BCUT2D eigenvalue weighted by atomic mass is 10.1. The summed E-state index contributed by atoms with van der Waals surface area (Å²) >= 11 is 0. The minimum atomic E-state index is 1.35. The highest BCUT2D eigenvalue weighted by molar-refractivity contribution is 5.23. The first-order valence-corrected chi connectivity index (χ1v) is 4.52. The molecular formula is C10H18. The first-order valence-electron chi connectivity index (χ1n) is 4.52. The first-order chi connectivity index (χ1) is 4.84. The van der Waals surface area contributed by atoms with Crippen LogP contribution in [0.15, 0.2) is 11.1 Å². The van der Waals surface area contributed by atoms with Crippen LogP contribution in [0.1, 0.15) is 52.4 Å². The standard InChI is InChI=1S/C10H18/c1-3-4-5-6-9(2)10-7-8-10/h3-8H2,1-2H3. The molecule has 0 heterocycles. The molecule has 0 nitrogen and oxygen atoms in total. The lowest BCUT2D eigenvalue weighted by Crippen LogP contribution is -1.77. The van der Waals surface area contributed by atoms with Gasteiger partial charge < -0.3 is 0 Å². The molecule has 58 valence electrons. The molecule has 0 N–H and O–H groups in total. The molecule has 10 heavy (non-hydrogen) atoms. The van der Waals surface area contributed by atoms with Crippen LogP contribution in [0.4, 0.5) is 0 Å². The van der Waals surface area contributed by atoms with E-state index in [0.717, 1.165) is 0 Å². The van der Waals surface area contributed by atoms with Crippen LogP contribution in [0.25, 0.3) is 0 Å². The van der Waals surface area contributed by atoms with Gasteiger partial charge in [-0.3, -0.25) is 0 Å². The normalized spacial score (nSPS) is 15.6. The smallest absolute Gasteiger partial charge is 0.0280 e. The molecule has 0 aromatic heterocycles. The van der Waals surface area contributed by atoms with E-state index in [1.807, 2.05) is 0 Å². The van der Waals surface area contributed by atoms with Gasteiger partial charge in [0.15, 0.2) is 0 Å². The molecule has 0 bridgehead atoms. The second kappa shape index (κ2) is 3.80. The minimum absolute atomic E-state index is 1.35. The van der Waals surface area contributed by atoms with Crippen LogP contribution in [0.5, 0.6) is 0 Å². The molecule has 0 aromatic carbocycles. The van der Waals surface area contributed by atoms with Gasteiger partial charge in [-0.25, -0.2) is 0 Å². The van der Waals surface area contributed by atoms with Crippen LogP contribution in [0.3, 0.4) is 0 Å². The molecule has 1 aliphatic carbocycles. The summed E-state index contributed by atoms with van der Waals surface area (Å²) in [4.78, 5) is 0. The highest BCUT2D eigenvalue weighted by atomic mass is 14.2. The Bertz CT molecular complexity index is 125. The number of unbranched alkanes of at least 4 members (excludes halogenated alkanes) is 2. The van der Waals surface area contributed by atoms with Crippen molar-refractivity contribution in [2.45, 2.75) is 52.4 Å². The fourth-order valence-electron chi connectivity index (χ4n) is 1.31. The lowest BCUT2D eigenvalue weighted by Gasteiger charge is -1.97. The van der Waals surface area contributed by atoms with E-state index in [4.69, 9.17) is 0 Å². The van der Waals surface area contributed by atoms with Crippen molar-refractivity contribution in [3.63, 3.8) is 0 Å². The van der Waals surface area contributed by atoms with E-state index in [9.17, 15) is 0 Å². The van der Waals surface area contributed by atoms with Crippen LogP contribution >= 0.6 is 0 Å². The lowest BCUT2D eigenvalue weighted by molar-refractivity contribution is 0.712. The zero-order valence-electron chi connectivity index (χ0n) is 7.24. The van der Waals surface area contributed by atoms with Gasteiger partial charge in [0.25, 0.3) is 0 Å². The first kappa shape index (κ1) is 7.84. The molecule has 0 radical (unpaired) electrons. The molecule has 1 saturated carbocycles. The van der Waals surface area contributed by atoms with Crippen molar-refractivity contribution in [2.24, 2.45) is 0 Å². The highest BCUT2D eigenvalue weighted by Crippen LogP contribution is 2.33. The second-order valence-electron chi connectivity index (χ2n) is 3.34. The van der Waals surface area contributed by atoms with Gasteiger partial charge in [0.2, 0.25) is 0 Å². The van der Waals surface area contributed by atoms with Crippen LogP contribution in [-0.2, 0) is 0 Å². The van der Waals surface area contributed by atoms with Crippen LogP contribution < -0.4 is 0 Å². The molecule has 0 aliphatic heterocycles. The third kappa shape index (κ3) is 2.55. The summed E-state index contributed by atoms with van der Waals surface area (Å²) in [6.07, 6.45) is 8.33. The van der Waals surface area contributed by atoms with Gasteiger partial charge in [0, 0.05) is 0 Å². The van der Waals surface area contributed by atoms with E-state index < -0.39 is 0 Å². The van der Waals surface area contributed by atoms with Crippen LogP contribution in [-0.4, -0.2) is 0 Å². The van der Waals surface area contributed by atoms with Gasteiger partial charge in [-0.2, -0.15) is 0 Å². The van der Waals surface area contributed by atoms with Gasteiger partial charge in [-0.1, -0.05) is 30.9 Å². The molecule has 0 amide bonds. The largest absolute Gasteiger partial charge is 0.0741 e. The Morgan fingerprint density at radius 1 is 1.30 bits per heavy atom. The van der Waals surface area contributed by atoms with E-state index in [1.54, 1.807) is 11.1 Å². The summed E-state index contributed by atoms with van der Waals surface area (Å²) in [6.45, 7) is 4.57. The Balaban J connectivity index is 2.07. The van der Waals surface area contributed by atoms with Crippen molar-refractivity contribution in [1.29, 1.82) is 0 Å². The molecule has 1 aliphatic rings. The van der Waals surface area contributed by atoms with E-state index in [2.05, 4.69) is 13.8 Å². The quantitative estimate of drug-likeness (QED) is 0.410. The summed E-state index contributed by atoms with van der Waals surface area (Å²) in [7, 11) is 0. The van der Waals surface area contributed by atoms with Crippen molar-refractivity contribution in [3.8, 4) is 0 Å². The average Bonchev–Trinajstić information content (AvgIpc) is 2.69. The Morgan fingerprint density at radius 3 is 2.50 bits per heavy atom. The van der Waals surface area contributed by atoms with E-state index in [1.165, 1.54) is 38.5 Å². The summed E-state index contributed by atoms with van der Waals surface area (Å²) in [5.74, 6) is 0. The SMILES string of the molecule is CCCCCC(C)=C1CC1. The number of rotatable bonds is 4. The molecule has 0 aromatic rings. The van der Waals surface area contributed by atoms with Crippen molar-refractivity contribution in [3.05, 3.63) is 11.1 Å². The molecule has 0 atom stereocenters. The van der Waals surface area contributed by atoms with E-state index >= 15 is 0 Å². The minimum Gasteiger partial charge on any atom is -0.0741 e. The van der Waals surface area contributed by atoms with Gasteiger partial charge >= 0.3 is 0 Å². The van der Waals surface area contributed by atoms with Crippen molar-refractivity contribution < 1.29 is 0 Å². The maximum absolute atomic E-state index is 2.30. The summed E-state index contributed by atoms with van der Waals surface area (Å²) in [5.41, 5.74) is 3.43. The predicted molar refractivity (Wildman–Crippen MR) is 46.1 cm³/mol. The molecule has 1 fully saturated rings. The van der Waals surface area contributed by atoms with Gasteiger partial charge in [-0.15, -0.1) is 0 Å². The van der Waals surface area contributed by atoms with Gasteiger partial charge in [-0.05, 0) is 32.6 Å².